The third-order valence-corrected chi connectivity index (χ3v) is 3.14. The lowest BCUT2D eigenvalue weighted by atomic mass is 9.95. The first-order valence-corrected chi connectivity index (χ1v) is 5.66. The van der Waals surface area contributed by atoms with Crippen molar-refractivity contribution in [2.45, 2.75) is 44.8 Å². The fraction of sp³-hybridized carbons (Fsp3) is 0.818. The van der Waals surface area contributed by atoms with Gasteiger partial charge in [-0.25, -0.2) is 9.79 Å². The van der Waals surface area contributed by atoms with E-state index in [0.29, 0.717) is 12.5 Å². The van der Waals surface area contributed by atoms with Crippen molar-refractivity contribution in [1.82, 2.24) is 0 Å². The molecule has 0 N–H and O–H groups in total. The van der Waals surface area contributed by atoms with Crippen LogP contribution in [0.4, 0.5) is 0 Å². The maximum absolute atomic E-state index is 11.6. The summed E-state index contributed by atoms with van der Waals surface area (Å²) in [6.07, 6.45) is 6.09. The Labute approximate surface area is 89.7 Å². The maximum Gasteiger partial charge on any atom is 0.334 e. The van der Waals surface area contributed by atoms with Crippen LogP contribution in [0.5, 0.6) is 0 Å². The molecular weight excluding hydrogens is 194 g/mol. The normalized spacial score (nSPS) is 30.5. The van der Waals surface area contributed by atoms with Gasteiger partial charge in [-0.2, -0.15) is 0 Å². The molecule has 0 spiro atoms. The number of esters is 1. The molecule has 4 heteroatoms. The number of nitrogens with zero attached hydrogens (tertiary/aromatic N) is 1. The molecule has 2 unspecified atom stereocenters. The highest BCUT2D eigenvalue weighted by Gasteiger charge is 2.40. The van der Waals surface area contributed by atoms with Gasteiger partial charge in [0.05, 0.1) is 6.61 Å². The van der Waals surface area contributed by atoms with E-state index in [1.807, 2.05) is 6.92 Å². The molecule has 15 heavy (non-hydrogen) atoms. The van der Waals surface area contributed by atoms with Crippen molar-refractivity contribution >= 4 is 12.4 Å². The predicted molar refractivity (Wildman–Crippen MR) is 55.7 cm³/mol. The molecule has 1 aliphatic carbocycles. The first-order chi connectivity index (χ1) is 7.33. The Balaban J connectivity index is 1.97. The number of rotatable bonds is 3. The molecular formula is C11H17NO3. The van der Waals surface area contributed by atoms with Gasteiger partial charge in [-0.15, -0.1) is 0 Å². The summed E-state index contributed by atoms with van der Waals surface area (Å²) in [4.78, 5) is 15.7. The average Bonchev–Trinajstić information content (AvgIpc) is 2.88. The Morgan fingerprint density at radius 2 is 2.27 bits per heavy atom. The van der Waals surface area contributed by atoms with Crippen molar-refractivity contribution in [3.8, 4) is 0 Å². The van der Waals surface area contributed by atoms with E-state index in [9.17, 15) is 4.79 Å². The monoisotopic (exact) mass is 211 g/mol. The van der Waals surface area contributed by atoms with Crippen molar-refractivity contribution in [3.05, 3.63) is 0 Å². The quantitative estimate of drug-likeness (QED) is 0.665. The van der Waals surface area contributed by atoms with E-state index >= 15 is 0 Å². The zero-order chi connectivity index (χ0) is 10.7. The van der Waals surface area contributed by atoms with Crippen LogP contribution in [0, 0.1) is 5.92 Å². The summed E-state index contributed by atoms with van der Waals surface area (Å²) in [6.45, 7) is 2.21. The van der Waals surface area contributed by atoms with Crippen LogP contribution >= 0.6 is 0 Å². The summed E-state index contributed by atoms with van der Waals surface area (Å²) in [5.41, 5.74) is 0. The number of aliphatic imine (C=N–C) groups is 1. The Bertz CT molecular complexity index is 259. The topological polar surface area (TPSA) is 47.9 Å². The van der Waals surface area contributed by atoms with Gasteiger partial charge >= 0.3 is 5.97 Å². The summed E-state index contributed by atoms with van der Waals surface area (Å²) in [5, 5.41) is 0. The Kier molecular flexibility index (Phi) is 3.23. The van der Waals surface area contributed by atoms with Crippen molar-refractivity contribution in [2.75, 3.05) is 6.61 Å². The maximum atomic E-state index is 11.6. The average molecular weight is 211 g/mol. The molecule has 0 saturated heterocycles. The third kappa shape index (κ3) is 2.13. The second-order valence-electron chi connectivity index (χ2n) is 4.10. The summed E-state index contributed by atoms with van der Waals surface area (Å²) in [6, 6.07) is -0.423. The van der Waals surface area contributed by atoms with Gasteiger partial charge in [0.1, 0.15) is 6.10 Å². The van der Waals surface area contributed by atoms with Gasteiger partial charge in [-0.1, -0.05) is 12.8 Å². The van der Waals surface area contributed by atoms with E-state index < -0.39 is 6.04 Å². The minimum Gasteiger partial charge on any atom is -0.477 e. The second-order valence-corrected chi connectivity index (χ2v) is 4.10. The van der Waals surface area contributed by atoms with Crippen LogP contribution in [0.15, 0.2) is 4.99 Å². The molecule has 0 aromatic heterocycles. The fourth-order valence-corrected chi connectivity index (χ4v) is 2.41. The highest BCUT2D eigenvalue weighted by Crippen LogP contribution is 2.33. The fourth-order valence-electron chi connectivity index (χ4n) is 2.41. The van der Waals surface area contributed by atoms with Gasteiger partial charge in [0.15, 0.2) is 12.4 Å². The lowest BCUT2D eigenvalue weighted by Gasteiger charge is -2.21. The second kappa shape index (κ2) is 4.64. The van der Waals surface area contributed by atoms with Crippen molar-refractivity contribution in [3.63, 3.8) is 0 Å². The van der Waals surface area contributed by atoms with E-state index in [1.54, 1.807) is 0 Å². The number of ether oxygens (including phenoxy) is 2. The number of carbonyl (C=O) groups is 1. The van der Waals surface area contributed by atoms with Crippen molar-refractivity contribution in [2.24, 2.45) is 10.9 Å². The largest absolute Gasteiger partial charge is 0.477 e. The molecule has 1 fully saturated rings. The molecule has 2 atom stereocenters. The van der Waals surface area contributed by atoms with Gasteiger partial charge < -0.3 is 9.47 Å². The van der Waals surface area contributed by atoms with Gasteiger partial charge in [0.2, 0.25) is 0 Å². The predicted octanol–water partition coefficient (Wildman–Crippen LogP) is 1.54. The molecule has 1 aliphatic heterocycles. The van der Waals surface area contributed by atoms with Crippen LogP contribution in [0.1, 0.15) is 32.6 Å². The van der Waals surface area contributed by atoms with Crippen LogP contribution in [-0.2, 0) is 14.3 Å². The zero-order valence-electron chi connectivity index (χ0n) is 9.02. The highest BCUT2D eigenvalue weighted by molar-refractivity contribution is 5.79. The summed E-state index contributed by atoms with van der Waals surface area (Å²) in [5.74, 6) is 0.227. The first kappa shape index (κ1) is 10.5. The zero-order valence-corrected chi connectivity index (χ0v) is 9.02. The lowest BCUT2D eigenvalue weighted by molar-refractivity contribution is -0.146. The van der Waals surface area contributed by atoms with Crippen LogP contribution in [0.3, 0.4) is 0 Å². The molecule has 0 amide bonds. The number of hydrogen-bond acceptors (Lipinski definition) is 4. The molecule has 0 radical (unpaired) electrons. The molecule has 1 saturated carbocycles. The summed E-state index contributed by atoms with van der Waals surface area (Å²) in [7, 11) is 0. The van der Waals surface area contributed by atoms with E-state index in [1.165, 1.54) is 19.2 Å². The van der Waals surface area contributed by atoms with E-state index in [2.05, 4.69) is 4.99 Å². The molecule has 4 nitrogen and oxygen atoms in total. The number of carbonyl (C=O) groups excluding carboxylic acids is 1. The lowest BCUT2D eigenvalue weighted by Crippen LogP contribution is -2.36. The highest BCUT2D eigenvalue weighted by atomic mass is 16.5. The van der Waals surface area contributed by atoms with Gasteiger partial charge in [-0.05, 0) is 25.7 Å². The molecule has 0 aromatic rings. The van der Waals surface area contributed by atoms with Crippen LogP contribution in [0.25, 0.3) is 0 Å². The SMILES string of the molecule is CCOC(=O)C1N=COC1C1CCCC1. The van der Waals surface area contributed by atoms with E-state index in [0.717, 1.165) is 12.8 Å². The van der Waals surface area contributed by atoms with Crippen LogP contribution in [0.2, 0.25) is 0 Å². The van der Waals surface area contributed by atoms with Crippen molar-refractivity contribution < 1.29 is 14.3 Å². The summed E-state index contributed by atoms with van der Waals surface area (Å²) < 4.78 is 10.4. The number of hydrogen-bond donors (Lipinski definition) is 0. The Morgan fingerprint density at radius 3 is 2.93 bits per heavy atom. The first-order valence-electron chi connectivity index (χ1n) is 5.66. The van der Waals surface area contributed by atoms with Crippen molar-refractivity contribution in [1.29, 1.82) is 0 Å². The Morgan fingerprint density at radius 1 is 1.53 bits per heavy atom. The molecule has 0 aromatic carbocycles. The third-order valence-electron chi connectivity index (χ3n) is 3.14. The molecule has 1 heterocycles. The van der Waals surface area contributed by atoms with E-state index in [-0.39, 0.29) is 12.1 Å². The van der Waals surface area contributed by atoms with Gasteiger partial charge in [0.25, 0.3) is 0 Å². The standard InChI is InChI=1S/C11H17NO3/c1-2-14-11(13)9-10(15-7-12-9)8-5-3-4-6-8/h7-10H,2-6H2,1H3. The molecule has 0 bridgehead atoms. The van der Waals surface area contributed by atoms with Crippen LogP contribution in [-0.4, -0.2) is 31.1 Å². The molecule has 2 aliphatic rings. The minimum absolute atomic E-state index is 0.0773. The minimum atomic E-state index is -0.423. The van der Waals surface area contributed by atoms with Crippen LogP contribution < -0.4 is 0 Å². The van der Waals surface area contributed by atoms with E-state index in [4.69, 9.17) is 9.47 Å². The van der Waals surface area contributed by atoms with Gasteiger partial charge in [-0.3, -0.25) is 0 Å². The smallest absolute Gasteiger partial charge is 0.334 e. The van der Waals surface area contributed by atoms with Gasteiger partial charge in [0, 0.05) is 0 Å². The molecule has 2 rings (SSSR count). The Hall–Kier alpha value is -1.06. The molecule has 84 valence electrons. The summed E-state index contributed by atoms with van der Waals surface area (Å²) >= 11 is 0.